The first-order valence-electron chi connectivity index (χ1n) is 6.77. The second kappa shape index (κ2) is 7.42. The number of thiophene rings is 1. The predicted octanol–water partition coefficient (Wildman–Crippen LogP) is 3.70. The van der Waals surface area contributed by atoms with Gasteiger partial charge >= 0.3 is 5.97 Å². The Morgan fingerprint density at radius 3 is 2.50 bits per heavy atom. The number of aryl methyl sites for hydroxylation is 1. The van der Waals surface area contributed by atoms with E-state index in [0.717, 1.165) is 11.1 Å². The summed E-state index contributed by atoms with van der Waals surface area (Å²) in [4.78, 5) is 23.8. The average Bonchev–Trinajstić information content (AvgIpc) is 2.90. The van der Waals surface area contributed by atoms with Crippen molar-refractivity contribution in [3.05, 3.63) is 56.7 Å². The number of hydrogen-bond acceptors (Lipinski definition) is 3. The quantitative estimate of drug-likeness (QED) is 0.844. The van der Waals surface area contributed by atoms with Gasteiger partial charge in [-0.2, -0.15) is 0 Å². The van der Waals surface area contributed by atoms with E-state index < -0.39 is 5.97 Å². The third-order valence-electron chi connectivity index (χ3n) is 3.34. The highest BCUT2D eigenvalue weighted by atomic mass is 35.5. The summed E-state index contributed by atoms with van der Waals surface area (Å²) in [7, 11) is 0. The van der Waals surface area contributed by atoms with Crippen molar-refractivity contribution in [2.75, 3.05) is 6.54 Å². The van der Waals surface area contributed by atoms with Crippen molar-refractivity contribution in [1.82, 2.24) is 5.32 Å². The van der Waals surface area contributed by atoms with E-state index in [-0.39, 0.29) is 24.8 Å². The monoisotopic (exact) mass is 337 g/mol. The second-order valence-electron chi connectivity index (χ2n) is 4.99. The molecule has 6 heteroatoms. The summed E-state index contributed by atoms with van der Waals surface area (Å²) >= 11 is 7.23. The molecule has 1 atom stereocenters. The Hall–Kier alpha value is -1.85. The number of benzene rings is 1. The summed E-state index contributed by atoms with van der Waals surface area (Å²) < 4.78 is 0. The lowest BCUT2D eigenvalue weighted by Crippen LogP contribution is -2.29. The van der Waals surface area contributed by atoms with Gasteiger partial charge < -0.3 is 10.4 Å². The summed E-state index contributed by atoms with van der Waals surface area (Å²) in [5.41, 5.74) is 1.76. The lowest BCUT2D eigenvalue weighted by atomic mass is 9.95. The molecule has 1 unspecified atom stereocenters. The van der Waals surface area contributed by atoms with Crippen molar-refractivity contribution in [2.45, 2.75) is 19.3 Å². The molecule has 2 rings (SSSR count). The number of carbonyl (C=O) groups is 2. The molecule has 1 amide bonds. The third kappa shape index (κ3) is 4.32. The van der Waals surface area contributed by atoms with E-state index >= 15 is 0 Å². The lowest BCUT2D eigenvalue weighted by molar-refractivity contribution is -0.137. The maximum Gasteiger partial charge on any atom is 0.304 e. The summed E-state index contributed by atoms with van der Waals surface area (Å²) in [6, 6.07) is 8.90. The number of rotatable bonds is 6. The standard InChI is InChI=1S/C16H16ClNO3S/c1-10-6-7-22-15(10)16(21)18-9-12(8-14(19)20)11-2-4-13(17)5-3-11/h2-7,12H,8-9H2,1H3,(H,18,21)(H,19,20). The zero-order valence-corrected chi connectivity index (χ0v) is 13.6. The molecule has 1 heterocycles. The van der Waals surface area contributed by atoms with E-state index in [2.05, 4.69) is 5.32 Å². The van der Waals surface area contributed by atoms with Crippen LogP contribution in [0, 0.1) is 6.92 Å². The number of carboxylic acid groups (broad SMARTS) is 1. The van der Waals surface area contributed by atoms with E-state index in [1.807, 2.05) is 18.4 Å². The van der Waals surface area contributed by atoms with Gasteiger partial charge in [-0.25, -0.2) is 0 Å². The average molecular weight is 338 g/mol. The van der Waals surface area contributed by atoms with Crippen molar-refractivity contribution in [2.24, 2.45) is 0 Å². The fourth-order valence-corrected chi connectivity index (χ4v) is 3.12. The smallest absolute Gasteiger partial charge is 0.304 e. The minimum Gasteiger partial charge on any atom is -0.481 e. The van der Waals surface area contributed by atoms with Crippen LogP contribution in [0.5, 0.6) is 0 Å². The Morgan fingerprint density at radius 2 is 1.95 bits per heavy atom. The second-order valence-corrected chi connectivity index (χ2v) is 6.34. The van der Waals surface area contributed by atoms with E-state index in [1.165, 1.54) is 11.3 Å². The Balaban J connectivity index is 2.07. The number of aliphatic carboxylic acids is 1. The molecule has 0 spiro atoms. The van der Waals surface area contributed by atoms with E-state index in [0.29, 0.717) is 9.90 Å². The van der Waals surface area contributed by atoms with Gasteiger partial charge in [0.1, 0.15) is 0 Å². The largest absolute Gasteiger partial charge is 0.481 e. The summed E-state index contributed by atoms with van der Waals surface area (Å²) in [5.74, 6) is -1.36. The van der Waals surface area contributed by atoms with Gasteiger partial charge in [0.15, 0.2) is 0 Å². The van der Waals surface area contributed by atoms with Gasteiger partial charge in [-0.05, 0) is 41.6 Å². The van der Waals surface area contributed by atoms with Crippen LogP contribution >= 0.6 is 22.9 Å². The van der Waals surface area contributed by atoms with Crippen molar-refractivity contribution in [3.8, 4) is 0 Å². The topological polar surface area (TPSA) is 66.4 Å². The molecule has 1 aromatic carbocycles. The van der Waals surface area contributed by atoms with Gasteiger partial charge in [-0.1, -0.05) is 23.7 Å². The van der Waals surface area contributed by atoms with Crippen LogP contribution in [0.15, 0.2) is 35.7 Å². The fourth-order valence-electron chi connectivity index (χ4n) is 2.16. The number of carbonyl (C=O) groups excluding carboxylic acids is 1. The minimum atomic E-state index is -0.901. The zero-order chi connectivity index (χ0) is 16.1. The SMILES string of the molecule is Cc1ccsc1C(=O)NCC(CC(=O)O)c1ccc(Cl)cc1. The van der Waals surface area contributed by atoms with Crippen LogP contribution in [0.4, 0.5) is 0 Å². The van der Waals surface area contributed by atoms with Crippen LogP contribution in [-0.4, -0.2) is 23.5 Å². The maximum atomic E-state index is 12.1. The summed E-state index contributed by atoms with van der Waals surface area (Å²) in [6.45, 7) is 2.14. The van der Waals surface area contributed by atoms with Gasteiger partial charge in [-0.15, -0.1) is 11.3 Å². The normalized spacial score (nSPS) is 11.9. The third-order valence-corrected chi connectivity index (χ3v) is 4.61. The number of halogens is 1. The molecule has 0 aliphatic rings. The highest BCUT2D eigenvalue weighted by Crippen LogP contribution is 2.22. The Labute approximate surface area is 137 Å². The molecule has 0 aliphatic carbocycles. The molecule has 0 saturated heterocycles. The van der Waals surface area contributed by atoms with Crippen molar-refractivity contribution >= 4 is 34.8 Å². The first-order valence-corrected chi connectivity index (χ1v) is 8.02. The van der Waals surface area contributed by atoms with Gasteiger partial charge in [0.2, 0.25) is 0 Å². The molecule has 0 fully saturated rings. The summed E-state index contributed by atoms with van der Waals surface area (Å²) in [6.07, 6.45) is -0.0503. The highest BCUT2D eigenvalue weighted by molar-refractivity contribution is 7.12. The van der Waals surface area contributed by atoms with Crippen LogP contribution in [0.2, 0.25) is 5.02 Å². The molecule has 1 aromatic heterocycles. The predicted molar refractivity (Wildman–Crippen MR) is 87.8 cm³/mol. The van der Waals surface area contributed by atoms with Crippen LogP contribution in [0.25, 0.3) is 0 Å². The molecule has 0 bridgehead atoms. The molecule has 2 N–H and O–H groups in total. The minimum absolute atomic E-state index is 0.0503. The molecule has 22 heavy (non-hydrogen) atoms. The van der Waals surface area contributed by atoms with E-state index in [9.17, 15) is 9.59 Å². The number of hydrogen-bond donors (Lipinski definition) is 2. The Morgan fingerprint density at radius 1 is 1.27 bits per heavy atom. The van der Waals surface area contributed by atoms with E-state index in [1.54, 1.807) is 24.3 Å². The Bertz CT molecular complexity index is 666. The van der Waals surface area contributed by atoms with Crippen molar-refractivity contribution < 1.29 is 14.7 Å². The first-order chi connectivity index (χ1) is 10.5. The highest BCUT2D eigenvalue weighted by Gasteiger charge is 2.18. The fraction of sp³-hybridized carbons (Fsp3) is 0.250. The number of carboxylic acids is 1. The molecule has 0 radical (unpaired) electrons. The lowest BCUT2D eigenvalue weighted by Gasteiger charge is -2.16. The molecular weight excluding hydrogens is 322 g/mol. The number of nitrogens with one attached hydrogen (secondary N) is 1. The van der Waals surface area contributed by atoms with Crippen LogP contribution in [0.3, 0.4) is 0 Å². The van der Waals surface area contributed by atoms with Gasteiger partial charge in [0.25, 0.3) is 5.91 Å². The van der Waals surface area contributed by atoms with Crippen LogP contribution in [-0.2, 0) is 4.79 Å². The van der Waals surface area contributed by atoms with Gasteiger partial charge in [-0.3, -0.25) is 9.59 Å². The molecule has 0 saturated carbocycles. The van der Waals surface area contributed by atoms with Crippen molar-refractivity contribution in [3.63, 3.8) is 0 Å². The molecule has 2 aromatic rings. The Kier molecular flexibility index (Phi) is 5.57. The molecular formula is C16H16ClNO3S. The van der Waals surface area contributed by atoms with Gasteiger partial charge in [0, 0.05) is 17.5 Å². The van der Waals surface area contributed by atoms with Gasteiger partial charge in [0.05, 0.1) is 11.3 Å². The van der Waals surface area contributed by atoms with E-state index in [4.69, 9.17) is 16.7 Å². The first kappa shape index (κ1) is 16.5. The van der Waals surface area contributed by atoms with Crippen molar-refractivity contribution in [1.29, 1.82) is 0 Å². The van der Waals surface area contributed by atoms with Crippen LogP contribution < -0.4 is 5.32 Å². The van der Waals surface area contributed by atoms with Crippen LogP contribution in [0.1, 0.15) is 33.1 Å². The molecule has 4 nitrogen and oxygen atoms in total. The maximum absolute atomic E-state index is 12.1. The molecule has 116 valence electrons. The number of amides is 1. The zero-order valence-electron chi connectivity index (χ0n) is 12.0. The summed E-state index contributed by atoms with van der Waals surface area (Å²) in [5, 5.41) is 14.3. The molecule has 0 aliphatic heterocycles.